The van der Waals surface area contributed by atoms with E-state index in [9.17, 15) is 14.4 Å². The molecule has 0 aliphatic rings. The van der Waals surface area contributed by atoms with Crippen molar-refractivity contribution in [2.24, 2.45) is 0 Å². The highest BCUT2D eigenvalue weighted by Crippen LogP contribution is 2.22. The van der Waals surface area contributed by atoms with Crippen LogP contribution in [0.4, 0.5) is 0 Å². The Morgan fingerprint density at radius 3 is 2.53 bits per heavy atom. The number of aromatic nitrogens is 2. The Morgan fingerprint density at radius 2 is 1.89 bits per heavy atom. The van der Waals surface area contributed by atoms with Gasteiger partial charge in [0.25, 0.3) is 5.56 Å². The number of ketones is 1. The molecule has 5 nitrogen and oxygen atoms in total. The van der Waals surface area contributed by atoms with Gasteiger partial charge in [0.2, 0.25) is 0 Å². The van der Waals surface area contributed by atoms with Crippen molar-refractivity contribution in [1.82, 2.24) is 9.55 Å². The lowest BCUT2D eigenvalue weighted by Gasteiger charge is -2.05. The van der Waals surface area contributed by atoms with E-state index in [-0.39, 0.29) is 17.4 Å². The minimum atomic E-state index is -0.638. The molecular formula is C12H8Cl2N2O3. The summed E-state index contributed by atoms with van der Waals surface area (Å²) in [5, 5.41) is 0.612. The van der Waals surface area contributed by atoms with Gasteiger partial charge in [0.1, 0.15) is 0 Å². The second kappa shape index (κ2) is 5.42. The van der Waals surface area contributed by atoms with E-state index in [4.69, 9.17) is 23.2 Å². The topological polar surface area (TPSA) is 71.9 Å². The summed E-state index contributed by atoms with van der Waals surface area (Å²) in [6.45, 7) is -0.187. The van der Waals surface area contributed by atoms with E-state index in [0.29, 0.717) is 10.6 Å². The fourth-order valence-electron chi connectivity index (χ4n) is 1.48. The molecule has 0 radical (unpaired) electrons. The minimum Gasteiger partial charge on any atom is -0.293 e. The summed E-state index contributed by atoms with van der Waals surface area (Å²) in [5.41, 5.74) is -0.809. The van der Waals surface area contributed by atoms with Gasteiger partial charge in [-0.15, -0.1) is 0 Å². The number of hydrogen-bond acceptors (Lipinski definition) is 3. The second-order valence-corrected chi connectivity index (χ2v) is 4.60. The smallest absolute Gasteiger partial charge is 0.293 e. The molecule has 0 atom stereocenters. The van der Waals surface area contributed by atoms with Gasteiger partial charge in [0.15, 0.2) is 5.78 Å². The summed E-state index contributed by atoms with van der Waals surface area (Å²) in [7, 11) is 0. The number of hydrogen-bond donors (Lipinski definition) is 1. The Bertz CT molecular complexity index is 749. The first kappa shape index (κ1) is 13.6. The van der Waals surface area contributed by atoms with E-state index in [1.807, 2.05) is 0 Å². The van der Waals surface area contributed by atoms with Gasteiger partial charge in [-0.2, -0.15) is 0 Å². The van der Waals surface area contributed by atoms with Crippen LogP contribution in [0.1, 0.15) is 10.4 Å². The number of carbonyl (C=O) groups is 1. The van der Waals surface area contributed by atoms with Crippen LogP contribution in [0.5, 0.6) is 0 Å². The molecule has 98 valence electrons. The van der Waals surface area contributed by atoms with Gasteiger partial charge in [0.05, 0.1) is 16.6 Å². The third-order valence-corrected chi connectivity index (χ3v) is 3.19. The molecule has 1 aromatic heterocycles. The average Bonchev–Trinajstić information content (AvgIpc) is 2.36. The number of nitrogens with zero attached hydrogens (tertiary/aromatic N) is 1. The number of rotatable bonds is 3. The van der Waals surface area contributed by atoms with Crippen molar-refractivity contribution in [1.29, 1.82) is 0 Å². The van der Waals surface area contributed by atoms with Crippen LogP contribution in [-0.4, -0.2) is 15.3 Å². The predicted octanol–water partition coefficient (Wildman–Crippen LogP) is 1.73. The van der Waals surface area contributed by atoms with Crippen molar-refractivity contribution in [3.63, 3.8) is 0 Å². The Balaban J connectivity index is 2.28. The summed E-state index contributed by atoms with van der Waals surface area (Å²) in [6.07, 6.45) is 1.26. The highest BCUT2D eigenvalue weighted by atomic mass is 35.5. The first-order valence-corrected chi connectivity index (χ1v) is 6.01. The summed E-state index contributed by atoms with van der Waals surface area (Å²) in [6, 6.07) is 5.63. The molecule has 0 spiro atoms. The van der Waals surface area contributed by atoms with Crippen LogP contribution >= 0.6 is 23.2 Å². The standard InChI is InChI=1S/C12H8Cl2N2O3/c13-8-2-1-7(5-9(8)14)10(17)6-16-4-3-11(18)15-12(16)19/h1-5H,6H2,(H,15,18,19). The van der Waals surface area contributed by atoms with Crippen molar-refractivity contribution in [3.8, 4) is 0 Å². The molecule has 0 bridgehead atoms. The highest BCUT2D eigenvalue weighted by Gasteiger charge is 2.10. The number of carbonyl (C=O) groups excluding carboxylic acids is 1. The van der Waals surface area contributed by atoms with Crippen LogP contribution in [-0.2, 0) is 6.54 Å². The number of aromatic amines is 1. The molecule has 0 aliphatic carbocycles. The SMILES string of the molecule is O=C(Cn1ccc(=O)[nH]c1=O)c1ccc(Cl)c(Cl)c1. The van der Waals surface area contributed by atoms with Crippen LogP contribution in [0.3, 0.4) is 0 Å². The molecule has 1 heterocycles. The van der Waals surface area contributed by atoms with E-state index in [0.717, 1.165) is 4.57 Å². The normalized spacial score (nSPS) is 10.4. The number of benzene rings is 1. The van der Waals surface area contributed by atoms with Crippen molar-refractivity contribution < 1.29 is 4.79 Å². The second-order valence-electron chi connectivity index (χ2n) is 3.79. The fraction of sp³-hybridized carbons (Fsp3) is 0.0833. The lowest BCUT2D eigenvalue weighted by molar-refractivity contribution is 0.0970. The summed E-state index contributed by atoms with van der Waals surface area (Å²) in [5.74, 6) is -0.312. The molecule has 1 N–H and O–H groups in total. The van der Waals surface area contributed by atoms with Crippen LogP contribution < -0.4 is 11.2 Å². The van der Waals surface area contributed by atoms with Crippen LogP contribution in [0.25, 0.3) is 0 Å². The Labute approximate surface area is 117 Å². The molecule has 0 amide bonds. The third-order valence-electron chi connectivity index (χ3n) is 2.45. The molecule has 0 saturated heterocycles. The van der Waals surface area contributed by atoms with Gasteiger partial charge in [-0.05, 0) is 18.2 Å². The maximum absolute atomic E-state index is 12.0. The van der Waals surface area contributed by atoms with Crippen molar-refractivity contribution in [3.05, 3.63) is 66.9 Å². The van der Waals surface area contributed by atoms with E-state index >= 15 is 0 Å². The molecule has 0 saturated carbocycles. The highest BCUT2D eigenvalue weighted by molar-refractivity contribution is 6.42. The van der Waals surface area contributed by atoms with Gasteiger partial charge in [-0.25, -0.2) is 4.79 Å². The van der Waals surface area contributed by atoms with Crippen LogP contribution in [0.15, 0.2) is 40.1 Å². The molecule has 2 rings (SSSR count). The number of Topliss-reactive ketones (excluding diaryl/α,β-unsaturated/α-hetero) is 1. The molecule has 2 aromatic rings. The summed E-state index contributed by atoms with van der Waals surface area (Å²) < 4.78 is 1.10. The van der Waals surface area contributed by atoms with Gasteiger partial charge in [-0.3, -0.25) is 19.1 Å². The van der Waals surface area contributed by atoms with E-state index in [1.54, 1.807) is 0 Å². The third kappa shape index (κ3) is 3.13. The predicted molar refractivity (Wildman–Crippen MR) is 72.1 cm³/mol. The summed E-state index contributed by atoms with van der Waals surface area (Å²) in [4.78, 5) is 36.4. The van der Waals surface area contributed by atoms with Crippen LogP contribution in [0.2, 0.25) is 10.0 Å². The minimum absolute atomic E-state index is 0.187. The average molecular weight is 299 g/mol. The van der Waals surface area contributed by atoms with Crippen LogP contribution in [0, 0.1) is 0 Å². The Morgan fingerprint density at radius 1 is 1.16 bits per heavy atom. The van der Waals surface area contributed by atoms with E-state index in [2.05, 4.69) is 4.98 Å². The van der Waals surface area contributed by atoms with E-state index < -0.39 is 11.2 Å². The molecule has 7 heteroatoms. The number of H-pyrrole nitrogens is 1. The van der Waals surface area contributed by atoms with Gasteiger partial charge >= 0.3 is 5.69 Å². The van der Waals surface area contributed by atoms with Crippen molar-refractivity contribution in [2.45, 2.75) is 6.54 Å². The molecule has 0 aliphatic heterocycles. The number of halogens is 2. The molecule has 0 unspecified atom stereocenters. The Hall–Kier alpha value is -1.85. The lowest BCUT2D eigenvalue weighted by atomic mass is 10.1. The molecule has 0 fully saturated rings. The zero-order chi connectivity index (χ0) is 14.0. The van der Waals surface area contributed by atoms with Gasteiger partial charge in [0, 0.05) is 17.8 Å². The van der Waals surface area contributed by atoms with E-state index in [1.165, 1.54) is 30.5 Å². The monoisotopic (exact) mass is 298 g/mol. The Kier molecular flexibility index (Phi) is 3.87. The molecule has 1 aromatic carbocycles. The summed E-state index contributed by atoms with van der Waals surface area (Å²) >= 11 is 11.6. The fourth-order valence-corrected chi connectivity index (χ4v) is 1.78. The van der Waals surface area contributed by atoms with Crippen molar-refractivity contribution >= 4 is 29.0 Å². The largest absolute Gasteiger partial charge is 0.328 e. The zero-order valence-corrected chi connectivity index (χ0v) is 11.0. The molecular weight excluding hydrogens is 291 g/mol. The maximum atomic E-state index is 12.0. The zero-order valence-electron chi connectivity index (χ0n) is 9.52. The number of nitrogens with one attached hydrogen (secondary N) is 1. The van der Waals surface area contributed by atoms with Gasteiger partial charge in [-0.1, -0.05) is 23.2 Å². The first-order chi connectivity index (χ1) is 8.97. The van der Waals surface area contributed by atoms with Crippen molar-refractivity contribution in [2.75, 3.05) is 0 Å². The molecule has 19 heavy (non-hydrogen) atoms. The quantitative estimate of drug-likeness (QED) is 0.877. The lowest BCUT2D eigenvalue weighted by Crippen LogP contribution is -2.30. The first-order valence-electron chi connectivity index (χ1n) is 5.25. The van der Waals surface area contributed by atoms with Gasteiger partial charge < -0.3 is 0 Å². The maximum Gasteiger partial charge on any atom is 0.328 e.